The van der Waals surface area contributed by atoms with Crippen molar-refractivity contribution in [2.24, 2.45) is 17.1 Å². The number of nitrogens with one attached hydrogen (secondary N) is 1. The van der Waals surface area contributed by atoms with Gasteiger partial charge < -0.3 is 11.1 Å². The summed E-state index contributed by atoms with van der Waals surface area (Å²) in [5, 5.41) is 3.48. The van der Waals surface area contributed by atoms with E-state index in [2.05, 4.69) is 24.1 Å². The van der Waals surface area contributed by atoms with E-state index in [0.29, 0.717) is 11.5 Å². The van der Waals surface area contributed by atoms with Gasteiger partial charge in [-0.05, 0) is 31.8 Å². The van der Waals surface area contributed by atoms with E-state index in [9.17, 15) is 0 Å². The van der Waals surface area contributed by atoms with Gasteiger partial charge in [-0.1, -0.05) is 13.8 Å². The number of rotatable bonds is 4. The highest BCUT2D eigenvalue weighted by molar-refractivity contribution is 5.02. The molecular weight excluding hydrogens is 186 g/mol. The highest BCUT2D eigenvalue weighted by Crippen LogP contribution is 2.38. The first kappa shape index (κ1) is 11.4. The molecule has 0 bridgehead atoms. The average molecular weight is 211 g/mol. The van der Waals surface area contributed by atoms with Crippen LogP contribution in [0.4, 0.5) is 0 Å². The number of likely N-dealkylation sites (tertiary alicyclic amines) is 1. The quantitative estimate of drug-likeness (QED) is 0.717. The Balaban J connectivity index is 1.85. The summed E-state index contributed by atoms with van der Waals surface area (Å²) in [7, 11) is 0. The van der Waals surface area contributed by atoms with Gasteiger partial charge in [-0.3, -0.25) is 4.90 Å². The summed E-state index contributed by atoms with van der Waals surface area (Å²) in [6, 6.07) is 0.709. The van der Waals surface area contributed by atoms with Crippen molar-refractivity contribution >= 4 is 0 Å². The largest absolute Gasteiger partial charge is 0.330 e. The molecule has 0 aromatic heterocycles. The molecular formula is C12H25N3. The smallest absolute Gasteiger partial charge is 0.0131 e. The monoisotopic (exact) mass is 211 g/mol. The van der Waals surface area contributed by atoms with Crippen molar-refractivity contribution in [1.29, 1.82) is 0 Å². The summed E-state index contributed by atoms with van der Waals surface area (Å²) in [5.74, 6) is 0.736. The van der Waals surface area contributed by atoms with Crippen molar-refractivity contribution in [3.8, 4) is 0 Å². The third-order valence-corrected chi connectivity index (χ3v) is 4.11. The Labute approximate surface area is 93.4 Å². The molecule has 1 unspecified atom stereocenters. The van der Waals surface area contributed by atoms with E-state index in [0.717, 1.165) is 18.9 Å². The molecule has 2 rings (SSSR count). The van der Waals surface area contributed by atoms with Crippen LogP contribution in [0.5, 0.6) is 0 Å². The molecule has 2 aliphatic rings. The van der Waals surface area contributed by atoms with Gasteiger partial charge in [0.05, 0.1) is 0 Å². The van der Waals surface area contributed by atoms with E-state index < -0.39 is 0 Å². The first-order valence-electron chi connectivity index (χ1n) is 6.32. The number of hydrogen-bond acceptors (Lipinski definition) is 3. The van der Waals surface area contributed by atoms with Crippen LogP contribution in [0.2, 0.25) is 0 Å². The van der Waals surface area contributed by atoms with Crippen molar-refractivity contribution in [3.05, 3.63) is 0 Å². The van der Waals surface area contributed by atoms with Gasteiger partial charge in [-0.15, -0.1) is 0 Å². The second-order valence-corrected chi connectivity index (χ2v) is 5.72. The van der Waals surface area contributed by atoms with Crippen molar-refractivity contribution in [1.82, 2.24) is 10.2 Å². The standard InChI is InChI=1S/C12H25N3/c1-10(2)11(3-5-13)15-8-12(9-15)4-6-14-7-12/h10-11,14H,3-9,13H2,1-2H3. The fourth-order valence-electron chi connectivity index (χ4n) is 3.22. The zero-order valence-corrected chi connectivity index (χ0v) is 10.1. The zero-order chi connectivity index (χ0) is 10.9. The van der Waals surface area contributed by atoms with Gasteiger partial charge in [-0.2, -0.15) is 0 Å². The van der Waals surface area contributed by atoms with Gasteiger partial charge in [-0.25, -0.2) is 0 Å². The molecule has 3 N–H and O–H groups in total. The summed E-state index contributed by atoms with van der Waals surface area (Å²) in [4.78, 5) is 2.64. The Morgan fingerprint density at radius 1 is 1.40 bits per heavy atom. The summed E-state index contributed by atoms with van der Waals surface area (Å²) >= 11 is 0. The van der Waals surface area contributed by atoms with E-state index in [4.69, 9.17) is 5.73 Å². The van der Waals surface area contributed by atoms with Crippen LogP contribution in [0.1, 0.15) is 26.7 Å². The number of nitrogens with zero attached hydrogens (tertiary/aromatic N) is 1. The lowest BCUT2D eigenvalue weighted by Gasteiger charge is -2.52. The second kappa shape index (κ2) is 4.40. The van der Waals surface area contributed by atoms with Crippen LogP contribution in [-0.2, 0) is 0 Å². The third kappa shape index (κ3) is 2.19. The molecule has 3 nitrogen and oxygen atoms in total. The van der Waals surface area contributed by atoms with Crippen LogP contribution < -0.4 is 11.1 Å². The minimum atomic E-state index is 0.627. The minimum absolute atomic E-state index is 0.627. The van der Waals surface area contributed by atoms with Gasteiger partial charge in [0.15, 0.2) is 0 Å². The average Bonchev–Trinajstić information content (AvgIpc) is 2.60. The molecule has 2 aliphatic heterocycles. The van der Waals surface area contributed by atoms with E-state index in [-0.39, 0.29) is 0 Å². The molecule has 15 heavy (non-hydrogen) atoms. The predicted molar refractivity (Wildman–Crippen MR) is 63.8 cm³/mol. The zero-order valence-electron chi connectivity index (χ0n) is 10.1. The molecule has 0 aromatic rings. The van der Waals surface area contributed by atoms with Crippen LogP contribution in [0.3, 0.4) is 0 Å². The lowest BCUT2D eigenvalue weighted by molar-refractivity contribution is -0.0336. The Morgan fingerprint density at radius 3 is 2.60 bits per heavy atom. The Bertz CT molecular complexity index is 201. The van der Waals surface area contributed by atoms with Crippen LogP contribution >= 0.6 is 0 Å². The summed E-state index contributed by atoms with van der Waals surface area (Å²) < 4.78 is 0. The van der Waals surface area contributed by atoms with E-state index in [1.165, 1.54) is 32.6 Å². The fourth-order valence-corrected chi connectivity index (χ4v) is 3.22. The molecule has 2 heterocycles. The Morgan fingerprint density at radius 2 is 2.13 bits per heavy atom. The molecule has 2 fully saturated rings. The van der Waals surface area contributed by atoms with Crippen molar-refractivity contribution in [2.75, 3.05) is 32.7 Å². The highest BCUT2D eigenvalue weighted by atomic mass is 15.3. The van der Waals surface area contributed by atoms with Crippen molar-refractivity contribution < 1.29 is 0 Å². The molecule has 88 valence electrons. The normalized spacial score (nSPS) is 27.2. The molecule has 0 saturated carbocycles. The molecule has 1 spiro atoms. The second-order valence-electron chi connectivity index (χ2n) is 5.72. The molecule has 0 amide bonds. The van der Waals surface area contributed by atoms with Crippen molar-refractivity contribution in [3.63, 3.8) is 0 Å². The van der Waals surface area contributed by atoms with E-state index in [1.54, 1.807) is 0 Å². The lowest BCUT2D eigenvalue weighted by Crippen LogP contribution is -2.62. The van der Waals surface area contributed by atoms with Gasteiger partial charge in [0.2, 0.25) is 0 Å². The maximum Gasteiger partial charge on any atom is 0.0131 e. The topological polar surface area (TPSA) is 41.3 Å². The van der Waals surface area contributed by atoms with Gasteiger partial charge >= 0.3 is 0 Å². The first-order valence-corrected chi connectivity index (χ1v) is 6.32. The van der Waals surface area contributed by atoms with Gasteiger partial charge in [0, 0.05) is 31.1 Å². The number of nitrogens with two attached hydrogens (primary N) is 1. The fraction of sp³-hybridized carbons (Fsp3) is 1.00. The van der Waals surface area contributed by atoms with Crippen LogP contribution in [0.15, 0.2) is 0 Å². The van der Waals surface area contributed by atoms with Gasteiger partial charge in [0.25, 0.3) is 0 Å². The minimum Gasteiger partial charge on any atom is -0.330 e. The molecule has 0 aliphatic carbocycles. The Hall–Kier alpha value is -0.120. The maximum absolute atomic E-state index is 5.69. The summed E-state index contributed by atoms with van der Waals surface area (Å²) in [5.41, 5.74) is 6.32. The van der Waals surface area contributed by atoms with Crippen LogP contribution in [-0.4, -0.2) is 43.7 Å². The summed E-state index contributed by atoms with van der Waals surface area (Å²) in [6.45, 7) is 10.5. The van der Waals surface area contributed by atoms with Crippen molar-refractivity contribution in [2.45, 2.75) is 32.7 Å². The third-order valence-electron chi connectivity index (χ3n) is 4.11. The predicted octanol–water partition coefficient (Wildman–Crippen LogP) is 0.655. The molecule has 0 aromatic carbocycles. The molecule has 3 heteroatoms. The molecule has 2 saturated heterocycles. The highest BCUT2D eigenvalue weighted by Gasteiger charge is 2.47. The van der Waals surface area contributed by atoms with E-state index >= 15 is 0 Å². The molecule has 1 atom stereocenters. The summed E-state index contributed by atoms with van der Waals surface area (Å²) in [6.07, 6.45) is 2.53. The van der Waals surface area contributed by atoms with Crippen LogP contribution in [0, 0.1) is 11.3 Å². The molecule has 0 radical (unpaired) electrons. The SMILES string of the molecule is CC(C)C(CCN)N1CC2(CCNC2)C1. The van der Waals surface area contributed by atoms with Gasteiger partial charge in [0.1, 0.15) is 0 Å². The Kier molecular flexibility index (Phi) is 3.33. The maximum atomic E-state index is 5.69. The first-order chi connectivity index (χ1) is 7.17. The van der Waals surface area contributed by atoms with E-state index in [1.807, 2.05) is 0 Å². The van der Waals surface area contributed by atoms with Crippen LogP contribution in [0.25, 0.3) is 0 Å². The number of hydrogen-bond donors (Lipinski definition) is 2. The lowest BCUT2D eigenvalue weighted by atomic mass is 9.77.